The van der Waals surface area contributed by atoms with Gasteiger partial charge in [0.05, 0.1) is 5.92 Å². The minimum Gasteiger partial charge on any atom is -0.345 e. The zero-order valence-electron chi connectivity index (χ0n) is 12.7. The highest BCUT2D eigenvalue weighted by Crippen LogP contribution is 2.20. The van der Waals surface area contributed by atoms with Gasteiger partial charge < -0.3 is 9.80 Å². The number of unbranched alkanes of at least 4 members (excludes halogenated alkanes) is 3. The minimum absolute atomic E-state index is 0.115. The molecular formula is C15H28N2O2. The summed E-state index contributed by atoms with van der Waals surface area (Å²) in [7, 11) is 1.85. The zero-order valence-corrected chi connectivity index (χ0v) is 12.7. The van der Waals surface area contributed by atoms with E-state index in [0.29, 0.717) is 13.0 Å². The Morgan fingerprint density at radius 1 is 1.26 bits per heavy atom. The lowest BCUT2D eigenvalue weighted by molar-refractivity contribution is -0.134. The summed E-state index contributed by atoms with van der Waals surface area (Å²) >= 11 is 0. The van der Waals surface area contributed by atoms with Gasteiger partial charge in [0.25, 0.3) is 0 Å². The second-order valence-corrected chi connectivity index (χ2v) is 5.56. The third kappa shape index (κ3) is 4.84. The van der Waals surface area contributed by atoms with Crippen molar-refractivity contribution in [3.8, 4) is 0 Å². The molecule has 2 amide bonds. The van der Waals surface area contributed by atoms with E-state index in [1.807, 2.05) is 11.9 Å². The predicted octanol–water partition coefficient (Wildman–Crippen LogP) is 2.28. The summed E-state index contributed by atoms with van der Waals surface area (Å²) in [5.74, 6) is 0.175. The molecule has 1 aliphatic heterocycles. The van der Waals surface area contributed by atoms with E-state index in [1.54, 1.807) is 4.90 Å². The van der Waals surface area contributed by atoms with Crippen LogP contribution < -0.4 is 0 Å². The Hall–Kier alpha value is -1.06. The SMILES string of the molecule is CCCCCN1CC(C(=O)N(C)CCCC)CC1=O. The molecule has 0 aromatic rings. The Labute approximate surface area is 117 Å². The van der Waals surface area contributed by atoms with Crippen molar-refractivity contribution in [2.24, 2.45) is 5.92 Å². The van der Waals surface area contributed by atoms with Gasteiger partial charge in [-0.05, 0) is 12.8 Å². The fourth-order valence-electron chi connectivity index (χ4n) is 2.52. The second kappa shape index (κ2) is 8.18. The van der Waals surface area contributed by atoms with Crippen LogP contribution in [0.15, 0.2) is 0 Å². The van der Waals surface area contributed by atoms with Gasteiger partial charge in [-0.1, -0.05) is 33.1 Å². The van der Waals surface area contributed by atoms with Crippen LogP contribution in [0.2, 0.25) is 0 Å². The van der Waals surface area contributed by atoms with E-state index < -0.39 is 0 Å². The molecule has 1 unspecified atom stereocenters. The monoisotopic (exact) mass is 268 g/mol. The van der Waals surface area contributed by atoms with Crippen LogP contribution in [0.5, 0.6) is 0 Å². The van der Waals surface area contributed by atoms with E-state index in [0.717, 1.165) is 45.2 Å². The lowest BCUT2D eigenvalue weighted by Gasteiger charge is -2.21. The van der Waals surface area contributed by atoms with Crippen molar-refractivity contribution in [2.75, 3.05) is 26.7 Å². The highest BCUT2D eigenvalue weighted by molar-refractivity contribution is 5.89. The number of amides is 2. The van der Waals surface area contributed by atoms with Crippen molar-refractivity contribution in [1.29, 1.82) is 0 Å². The first-order valence-corrected chi connectivity index (χ1v) is 7.62. The van der Waals surface area contributed by atoms with E-state index in [1.165, 1.54) is 0 Å². The molecule has 1 rings (SSSR count). The van der Waals surface area contributed by atoms with Gasteiger partial charge in [-0.3, -0.25) is 9.59 Å². The number of rotatable bonds is 8. The van der Waals surface area contributed by atoms with Gasteiger partial charge in [0, 0.05) is 33.1 Å². The Bertz CT molecular complexity index is 305. The maximum absolute atomic E-state index is 12.2. The first kappa shape index (κ1) is 16.0. The number of likely N-dealkylation sites (tertiary alicyclic amines) is 1. The topological polar surface area (TPSA) is 40.6 Å². The van der Waals surface area contributed by atoms with Crippen LogP contribution in [0.4, 0.5) is 0 Å². The number of hydrogen-bond acceptors (Lipinski definition) is 2. The van der Waals surface area contributed by atoms with E-state index in [9.17, 15) is 9.59 Å². The van der Waals surface area contributed by atoms with E-state index in [2.05, 4.69) is 13.8 Å². The number of hydrogen-bond donors (Lipinski definition) is 0. The maximum atomic E-state index is 12.2. The van der Waals surface area contributed by atoms with Gasteiger partial charge in [0.15, 0.2) is 0 Å². The number of nitrogens with zero attached hydrogens (tertiary/aromatic N) is 2. The molecule has 1 fully saturated rings. The summed E-state index contributed by atoms with van der Waals surface area (Å²) in [5.41, 5.74) is 0. The predicted molar refractivity (Wildman–Crippen MR) is 76.8 cm³/mol. The van der Waals surface area contributed by atoms with Gasteiger partial charge in [-0.2, -0.15) is 0 Å². The van der Waals surface area contributed by atoms with Crippen molar-refractivity contribution in [3.63, 3.8) is 0 Å². The minimum atomic E-state index is -0.115. The third-order valence-electron chi connectivity index (χ3n) is 3.82. The van der Waals surface area contributed by atoms with Crippen molar-refractivity contribution < 1.29 is 9.59 Å². The first-order valence-electron chi connectivity index (χ1n) is 7.62. The van der Waals surface area contributed by atoms with Crippen molar-refractivity contribution in [3.05, 3.63) is 0 Å². The quantitative estimate of drug-likeness (QED) is 0.634. The fraction of sp³-hybridized carbons (Fsp3) is 0.867. The lowest BCUT2D eigenvalue weighted by Crippen LogP contribution is -2.35. The van der Waals surface area contributed by atoms with Crippen LogP contribution >= 0.6 is 0 Å². The largest absolute Gasteiger partial charge is 0.345 e. The van der Waals surface area contributed by atoms with E-state index in [4.69, 9.17) is 0 Å². The molecule has 0 radical (unpaired) electrons. The molecule has 1 aliphatic rings. The molecule has 1 atom stereocenters. The summed E-state index contributed by atoms with van der Waals surface area (Å²) in [4.78, 5) is 27.8. The molecule has 0 spiro atoms. The molecule has 110 valence electrons. The molecule has 0 bridgehead atoms. The second-order valence-electron chi connectivity index (χ2n) is 5.56. The summed E-state index contributed by atoms with van der Waals surface area (Å²) in [6, 6.07) is 0. The normalized spacial score (nSPS) is 19.0. The molecule has 1 heterocycles. The lowest BCUT2D eigenvalue weighted by atomic mass is 10.1. The fourth-order valence-corrected chi connectivity index (χ4v) is 2.52. The number of carbonyl (C=O) groups is 2. The van der Waals surface area contributed by atoms with Crippen LogP contribution in [-0.2, 0) is 9.59 Å². The van der Waals surface area contributed by atoms with Gasteiger partial charge in [-0.25, -0.2) is 0 Å². The smallest absolute Gasteiger partial charge is 0.227 e. The molecule has 0 saturated carbocycles. The van der Waals surface area contributed by atoms with Gasteiger partial charge in [-0.15, -0.1) is 0 Å². The van der Waals surface area contributed by atoms with Crippen LogP contribution in [0, 0.1) is 5.92 Å². The standard InChI is InChI=1S/C15H28N2O2/c1-4-6-8-10-17-12-13(11-14(17)18)15(19)16(3)9-7-5-2/h13H,4-12H2,1-3H3. The molecule has 0 N–H and O–H groups in total. The van der Waals surface area contributed by atoms with Crippen molar-refractivity contribution in [2.45, 2.75) is 52.4 Å². The average molecular weight is 268 g/mol. The van der Waals surface area contributed by atoms with Gasteiger partial charge in [0.2, 0.25) is 11.8 Å². The zero-order chi connectivity index (χ0) is 14.3. The van der Waals surface area contributed by atoms with Crippen LogP contribution in [0.3, 0.4) is 0 Å². The molecule has 19 heavy (non-hydrogen) atoms. The van der Waals surface area contributed by atoms with Crippen molar-refractivity contribution >= 4 is 11.8 Å². The molecule has 0 aromatic carbocycles. The molecular weight excluding hydrogens is 240 g/mol. The summed E-state index contributed by atoms with van der Waals surface area (Å²) in [5, 5.41) is 0. The maximum Gasteiger partial charge on any atom is 0.227 e. The average Bonchev–Trinajstić information content (AvgIpc) is 2.77. The molecule has 4 heteroatoms. The van der Waals surface area contributed by atoms with E-state index in [-0.39, 0.29) is 17.7 Å². The summed E-state index contributed by atoms with van der Waals surface area (Å²) in [6.07, 6.45) is 5.88. The van der Waals surface area contributed by atoms with Crippen LogP contribution in [0.1, 0.15) is 52.4 Å². The Morgan fingerprint density at radius 2 is 1.95 bits per heavy atom. The highest BCUT2D eigenvalue weighted by atomic mass is 16.2. The Balaban J connectivity index is 2.40. The molecule has 1 saturated heterocycles. The van der Waals surface area contributed by atoms with Crippen LogP contribution in [0.25, 0.3) is 0 Å². The third-order valence-corrected chi connectivity index (χ3v) is 3.82. The Kier molecular flexibility index (Phi) is 6.89. The van der Waals surface area contributed by atoms with Crippen molar-refractivity contribution in [1.82, 2.24) is 9.80 Å². The first-order chi connectivity index (χ1) is 9.10. The van der Waals surface area contributed by atoms with E-state index >= 15 is 0 Å². The summed E-state index contributed by atoms with van der Waals surface area (Å²) < 4.78 is 0. The van der Waals surface area contributed by atoms with Gasteiger partial charge >= 0.3 is 0 Å². The highest BCUT2D eigenvalue weighted by Gasteiger charge is 2.35. The van der Waals surface area contributed by atoms with Crippen LogP contribution in [-0.4, -0.2) is 48.3 Å². The molecule has 0 aromatic heterocycles. The molecule has 4 nitrogen and oxygen atoms in total. The summed E-state index contributed by atoms with van der Waals surface area (Å²) in [6.45, 7) is 6.51. The van der Waals surface area contributed by atoms with Gasteiger partial charge in [0.1, 0.15) is 0 Å². The molecule has 0 aliphatic carbocycles. The Morgan fingerprint density at radius 3 is 2.58 bits per heavy atom. The number of carbonyl (C=O) groups excluding carboxylic acids is 2.